The first-order chi connectivity index (χ1) is 10.1. The normalized spacial score (nSPS) is 19.8. The van der Waals surface area contributed by atoms with Crippen LogP contribution in [0.2, 0.25) is 0 Å². The molecule has 1 amide bonds. The van der Waals surface area contributed by atoms with Crippen molar-refractivity contribution in [2.24, 2.45) is 5.92 Å². The maximum Gasteiger partial charge on any atom is 0.226 e. The number of amides is 1. The molecule has 1 aliphatic rings. The highest BCUT2D eigenvalue weighted by atomic mass is 32.2. The van der Waals surface area contributed by atoms with Gasteiger partial charge in [-0.1, -0.05) is 6.92 Å². The number of carbonyl (C=O) groups is 1. The molecule has 1 heterocycles. The summed E-state index contributed by atoms with van der Waals surface area (Å²) in [5.41, 5.74) is 0. The van der Waals surface area contributed by atoms with Gasteiger partial charge in [0, 0.05) is 35.7 Å². The summed E-state index contributed by atoms with van der Waals surface area (Å²) in [6.07, 6.45) is 2.18. The zero-order valence-corrected chi connectivity index (χ0v) is 13.5. The Morgan fingerprint density at radius 2 is 2.19 bits per heavy atom. The van der Waals surface area contributed by atoms with Crippen molar-refractivity contribution in [2.75, 3.05) is 25.9 Å². The van der Waals surface area contributed by atoms with Crippen LogP contribution in [0.5, 0.6) is 0 Å². The molecule has 3 nitrogen and oxygen atoms in total. The van der Waals surface area contributed by atoms with Crippen LogP contribution in [-0.2, 0) is 4.79 Å². The Morgan fingerprint density at radius 3 is 2.86 bits per heavy atom. The van der Waals surface area contributed by atoms with E-state index in [1.807, 2.05) is 18.9 Å². The molecule has 1 aromatic rings. The molecule has 116 valence electrons. The van der Waals surface area contributed by atoms with Gasteiger partial charge in [-0.25, -0.2) is 4.39 Å². The van der Waals surface area contributed by atoms with Crippen LogP contribution < -0.4 is 5.32 Å². The summed E-state index contributed by atoms with van der Waals surface area (Å²) in [5, 5.41) is 3.16. The lowest BCUT2D eigenvalue weighted by atomic mass is 10.1. The summed E-state index contributed by atoms with van der Waals surface area (Å²) in [4.78, 5) is 15.6. The van der Waals surface area contributed by atoms with Gasteiger partial charge in [0.05, 0.1) is 0 Å². The molecule has 0 aromatic heterocycles. The van der Waals surface area contributed by atoms with Gasteiger partial charge in [-0.2, -0.15) is 0 Å². The van der Waals surface area contributed by atoms with Crippen molar-refractivity contribution in [3.05, 3.63) is 30.1 Å². The standard InChI is InChI=1S/C16H23FN2OS/c1-12(11-21-15-7-5-13(17)6-8-15)16(20)19-9-3-4-14(19)10-18-2/h5-8,12,14,18H,3-4,9-11H2,1-2H3. The number of hydrogen-bond acceptors (Lipinski definition) is 3. The van der Waals surface area contributed by atoms with Gasteiger partial charge in [0.2, 0.25) is 5.91 Å². The monoisotopic (exact) mass is 310 g/mol. The quantitative estimate of drug-likeness (QED) is 0.820. The van der Waals surface area contributed by atoms with Crippen molar-refractivity contribution in [3.63, 3.8) is 0 Å². The highest BCUT2D eigenvalue weighted by molar-refractivity contribution is 7.99. The van der Waals surface area contributed by atoms with Crippen LogP contribution in [0, 0.1) is 11.7 Å². The lowest BCUT2D eigenvalue weighted by Crippen LogP contribution is -2.43. The molecule has 1 fully saturated rings. The van der Waals surface area contributed by atoms with Gasteiger partial charge in [-0.3, -0.25) is 4.79 Å². The zero-order valence-electron chi connectivity index (χ0n) is 12.6. The van der Waals surface area contributed by atoms with Gasteiger partial charge in [-0.05, 0) is 44.2 Å². The molecule has 2 unspecified atom stereocenters. The van der Waals surface area contributed by atoms with Crippen molar-refractivity contribution in [1.29, 1.82) is 0 Å². The highest BCUT2D eigenvalue weighted by Gasteiger charge is 2.30. The van der Waals surface area contributed by atoms with Crippen molar-refractivity contribution >= 4 is 17.7 Å². The molecule has 1 saturated heterocycles. The maximum atomic E-state index is 12.9. The minimum atomic E-state index is -0.226. The Balaban J connectivity index is 1.86. The Kier molecular flexibility index (Phi) is 6.06. The number of thioether (sulfide) groups is 1. The average molecular weight is 310 g/mol. The number of nitrogens with one attached hydrogen (secondary N) is 1. The number of halogens is 1. The maximum absolute atomic E-state index is 12.9. The summed E-state index contributed by atoms with van der Waals surface area (Å²) in [7, 11) is 1.93. The molecule has 5 heteroatoms. The second kappa shape index (κ2) is 7.80. The Hall–Kier alpha value is -1.07. The molecule has 21 heavy (non-hydrogen) atoms. The van der Waals surface area contributed by atoms with Crippen molar-refractivity contribution in [1.82, 2.24) is 10.2 Å². The predicted molar refractivity (Wildman–Crippen MR) is 84.9 cm³/mol. The largest absolute Gasteiger partial charge is 0.338 e. The molecule has 0 aliphatic carbocycles. The van der Waals surface area contributed by atoms with E-state index < -0.39 is 0 Å². The van der Waals surface area contributed by atoms with E-state index in [0.717, 1.165) is 36.6 Å². The van der Waals surface area contributed by atoms with Crippen LogP contribution in [0.25, 0.3) is 0 Å². The van der Waals surface area contributed by atoms with Crippen LogP contribution >= 0.6 is 11.8 Å². The third-order valence-electron chi connectivity index (χ3n) is 3.84. The first-order valence-corrected chi connectivity index (χ1v) is 8.44. The third kappa shape index (κ3) is 4.45. The number of nitrogens with zero attached hydrogens (tertiary/aromatic N) is 1. The average Bonchev–Trinajstić information content (AvgIpc) is 2.94. The molecule has 0 radical (unpaired) electrons. The summed E-state index contributed by atoms with van der Waals surface area (Å²) >= 11 is 1.61. The fraction of sp³-hybridized carbons (Fsp3) is 0.562. The van der Waals surface area contributed by atoms with Crippen LogP contribution in [0.4, 0.5) is 4.39 Å². The fourth-order valence-corrected chi connectivity index (χ4v) is 3.59. The molecule has 0 saturated carbocycles. The lowest BCUT2D eigenvalue weighted by Gasteiger charge is -2.27. The molecular formula is C16H23FN2OS. The second-order valence-corrected chi connectivity index (χ2v) is 6.64. The molecule has 0 spiro atoms. The van der Waals surface area contributed by atoms with E-state index in [1.54, 1.807) is 23.9 Å². The zero-order chi connectivity index (χ0) is 15.2. The van der Waals surface area contributed by atoms with E-state index in [2.05, 4.69) is 5.32 Å². The Labute approximate surface area is 130 Å². The third-order valence-corrected chi connectivity index (χ3v) is 5.11. The molecule has 1 aromatic carbocycles. The topological polar surface area (TPSA) is 32.3 Å². The first kappa shape index (κ1) is 16.3. The number of carbonyl (C=O) groups excluding carboxylic acids is 1. The number of hydrogen-bond donors (Lipinski definition) is 1. The molecule has 2 rings (SSSR count). The van der Waals surface area contributed by atoms with Gasteiger partial charge in [0.25, 0.3) is 0 Å². The minimum absolute atomic E-state index is 0.0162. The number of likely N-dealkylation sites (tertiary alicyclic amines) is 1. The van der Waals surface area contributed by atoms with Gasteiger partial charge in [-0.15, -0.1) is 11.8 Å². The van der Waals surface area contributed by atoms with Crippen LogP contribution in [0.15, 0.2) is 29.2 Å². The molecule has 1 aliphatic heterocycles. The van der Waals surface area contributed by atoms with E-state index in [1.165, 1.54) is 12.1 Å². The minimum Gasteiger partial charge on any atom is -0.338 e. The van der Waals surface area contributed by atoms with Crippen LogP contribution in [0.1, 0.15) is 19.8 Å². The van der Waals surface area contributed by atoms with E-state index in [4.69, 9.17) is 0 Å². The van der Waals surface area contributed by atoms with E-state index in [0.29, 0.717) is 6.04 Å². The number of benzene rings is 1. The van der Waals surface area contributed by atoms with E-state index in [9.17, 15) is 9.18 Å². The summed E-state index contributed by atoms with van der Waals surface area (Å²) in [6.45, 7) is 3.72. The van der Waals surface area contributed by atoms with Gasteiger partial charge >= 0.3 is 0 Å². The molecule has 1 N–H and O–H groups in total. The van der Waals surface area contributed by atoms with Gasteiger partial charge in [0.1, 0.15) is 5.82 Å². The molecule has 2 atom stereocenters. The fourth-order valence-electron chi connectivity index (χ4n) is 2.68. The number of rotatable bonds is 6. The van der Waals surface area contributed by atoms with Gasteiger partial charge in [0.15, 0.2) is 0 Å². The summed E-state index contributed by atoms with van der Waals surface area (Å²) in [5.74, 6) is 0.725. The van der Waals surface area contributed by atoms with Crippen molar-refractivity contribution < 1.29 is 9.18 Å². The van der Waals surface area contributed by atoms with E-state index >= 15 is 0 Å². The number of likely N-dealkylation sites (N-methyl/N-ethyl adjacent to an activating group) is 1. The predicted octanol–water partition coefficient (Wildman–Crippen LogP) is 2.76. The highest BCUT2D eigenvalue weighted by Crippen LogP contribution is 2.24. The lowest BCUT2D eigenvalue weighted by molar-refractivity contribution is -0.135. The smallest absolute Gasteiger partial charge is 0.226 e. The Bertz CT molecular complexity index is 466. The van der Waals surface area contributed by atoms with Crippen LogP contribution in [0.3, 0.4) is 0 Å². The SMILES string of the molecule is CNCC1CCCN1C(=O)C(C)CSc1ccc(F)cc1. The van der Waals surface area contributed by atoms with E-state index in [-0.39, 0.29) is 17.6 Å². The first-order valence-electron chi connectivity index (χ1n) is 7.45. The second-order valence-electron chi connectivity index (χ2n) is 5.55. The van der Waals surface area contributed by atoms with Gasteiger partial charge < -0.3 is 10.2 Å². The van der Waals surface area contributed by atoms with Crippen molar-refractivity contribution in [3.8, 4) is 0 Å². The molecular weight excluding hydrogens is 287 g/mol. The summed E-state index contributed by atoms with van der Waals surface area (Å²) in [6, 6.07) is 6.77. The van der Waals surface area contributed by atoms with Crippen LogP contribution in [-0.4, -0.2) is 42.7 Å². The Morgan fingerprint density at radius 1 is 1.48 bits per heavy atom. The molecule has 0 bridgehead atoms. The summed E-state index contributed by atoms with van der Waals surface area (Å²) < 4.78 is 12.9. The van der Waals surface area contributed by atoms with Crippen molar-refractivity contribution in [2.45, 2.75) is 30.7 Å².